The molecule has 1 rings (SSSR count). The van der Waals surface area contributed by atoms with E-state index in [1.807, 2.05) is 6.92 Å². The molecule has 0 unspecified atom stereocenters. The summed E-state index contributed by atoms with van der Waals surface area (Å²) < 4.78 is 5.16. The van der Waals surface area contributed by atoms with Crippen LogP contribution in [0.4, 0.5) is 0 Å². The van der Waals surface area contributed by atoms with Crippen LogP contribution in [0.1, 0.15) is 6.92 Å². The molecule has 1 aliphatic heterocycles. The Morgan fingerprint density at radius 2 is 2.33 bits per heavy atom. The van der Waals surface area contributed by atoms with Gasteiger partial charge in [0.05, 0.1) is 0 Å². The molecular formula is C4H6BInNO2. The maximum absolute atomic E-state index is 8.66. The molecule has 0 aliphatic carbocycles. The summed E-state index contributed by atoms with van der Waals surface area (Å²) in [4.78, 5) is 0. The first-order chi connectivity index (χ1) is 4.22. The van der Waals surface area contributed by atoms with Crippen molar-refractivity contribution < 1.29 is 10.0 Å². The normalized spacial score (nSPS) is 16.3. The summed E-state index contributed by atoms with van der Waals surface area (Å²) in [6.45, 7) is 1.92. The van der Waals surface area contributed by atoms with Gasteiger partial charge in [-0.25, -0.2) is 0 Å². The van der Waals surface area contributed by atoms with E-state index in [0.717, 1.165) is 3.33 Å². The second kappa shape index (κ2) is 2.90. The fraction of sp³-hybridized carbons (Fsp3) is 0.250. The van der Waals surface area contributed by atoms with E-state index < -0.39 is 30.3 Å². The molecule has 0 amide bonds. The van der Waals surface area contributed by atoms with Crippen molar-refractivity contribution in [3.63, 3.8) is 0 Å². The minimum atomic E-state index is -1.30. The summed E-state index contributed by atoms with van der Waals surface area (Å²) in [7, 11) is -1.30. The van der Waals surface area contributed by atoms with Crippen LogP contribution < -0.4 is 0 Å². The van der Waals surface area contributed by atoms with Crippen molar-refractivity contribution in [2.24, 2.45) is 2.98 Å². The van der Waals surface area contributed by atoms with Gasteiger partial charge in [0, 0.05) is 0 Å². The Hall–Kier alpha value is 0.265. The van der Waals surface area contributed by atoms with E-state index in [4.69, 9.17) is 10.0 Å². The number of allylic oxidation sites excluding steroid dienone is 2. The molecule has 0 atom stereocenters. The number of nitrogens with zero attached hydrogens (tertiary/aromatic N) is 1. The Morgan fingerprint density at radius 3 is 2.56 bits per heavy atom. The third-order valence-corrected chi connectivity index (χ3v) is 4.12. The van der Waals surface area contributed by atoms with E-state index in [2.05, 4.69) is 2.98 Å². The van der Waals surface area contributed by atoms with Crippen molar-refractivity contribution in [2.75, 3.05) is 0 Å². The molecule has 1 aliphatic rings. The number of hydrogen-bond acceptors (Lipinski definition) is 3. The Kier molecular flexibility index (Phi) is 2.38. The van der Waals surface area contributed by atoms with Gasteiger partial charge in [0.25, 0.3) is 0 Å². The molecule has 0 aromatic heterocycles. The molecule has 0 aromatic carbocycles. The van der Waals surface area contributed by atoms with Gasteiger partial charge in [-0.15, -0.1) is 0 Å². The summed E-state index contributed by atoms with van der Waals surface area (Å²) in [6.07, 6.45) is 1.58. The monoisotopic (exact) mass is 226 g/mol. The molecule has 0 aromatic rings. The van der Waals surface area contributed by atoms with Gasteiger partial charge in [0.15, 0.2) is 0 Å². The fourth-order valence-electron chi connectivity index (χ4n) is 0.676. The topological polar surface area (TPSA) is 52.8 Å². The number of rotatable bonds is 1. The molecule has 0 fully saturated rings. The van der Waals surface area contributed by atoms with E-state index >= 15 is 0 Å². The summed E-state index contributed by atoms with van der Waals surface area (Å²) in [6, 6.07) is 0. The van der Waals surface area contributed by atoms with Crippen LogP contribution in [0.25, 0.3) is 0 Å². The molecule has 1 radical (unpaired) electrons. The zero-order valence-corrected chi connectivity index (χ0v) is 8.37. The van der Waals surface area contributed by atoms with Gasteiger partial charge < -0.3 is 0 Å². The SMILES string of the molecule is C[C]1=C(B(O)O)C=[N][In]1. The predicted molar refractivity (Wildman–Crippen MR) is 37.1 cm³/mol. The molecule has 45 valence electrons. The first-order valence-electron chi connectivity index (χ1n) is 2.65. The van der Waals surface area contributed by atoms with Gasteiger partial charge in [-0.05, 0) is 0 Å². The summed E-state index contributed by atoms with van der Waals surface area (Å²) in [5.74, 6) is 0. The third kappa shape index (κ3) is 1.59. The second-order valence-corrected chi connectivity index (χ2v) is 5.98. The third-order valence-electron chi connectivity index (χ3n) is 1.22. The average molecular weight is 226 g/mol. The molecule has 0 saturated carbocycles. The summed E-state index contributed by atoms with van der Waals surface area (Å²) in [5, 5.41) is 17.3. The van der Waals surface area contributed by atoms with E-state index in [0.29, 0.717) is 5.47 Å². The quantitative estimate of drug-likeness (QED) is 0.562. The standard InChI is InChI=1S/C4H6BNO2.In/c1-2-4(3-6)5(7)8;/h3,7-8H,1H3;/q-1;+1. The summed E-state index contributed by atoms with van der Waals surface area (Å²) in [5.41, 5.74) is 0.621. The molecule has 2 N–H and O–H groups in total. The Balaban J connectivity index is 2.77. The minimum absolute atomic E-state index is 0.621. The molecule has 1 heterocycles. The van der Waals surface area contributed by atoms with Crippen LogP contribution in [0, 0.1) is 0 Å². The van der Waals surface area contributed by atoms with Gasteiger partial charge in [-0.1, -0.05) is 0 Å². The molecule has 0 saturated heterocycles. The van der Waals surface area contributed by atoms with Crippen molar-refractivity contribution in [3.8, 4) is 0 Å². The van der Waals surface area contributed by atoms with Crippen LogP contribution >= 0.6 is 0 Å². The van der Waals surface area contributed by atoms with Crippen molar-refractivity contribution in [1.82, 2.24) is 0 Å². The molecular weight excluding hydrogens is 220 g/mol. The van der Waals surface area contributed by atoms with Crippen LogP contribution in [0.3, 0.4) is 0 Å². The van der Waals surface area contributed by atoms with Crippen molar-refractivity contribution in [2.45, 2.75) is 6.92 Å². The van der Waals surface area contributed by atoms with E-state index in [1.165, 1.54) is 0 Å². The fourth-order valence-corrected chi connectivity index (χ4v) is 3.05. The van der Waals surface area contributed by atoms with Crippen molar-refractivity contribution >= 4 is 36.5 Å². The zero-order valence-electron chi connectivity index (χ0n) is 5.07. The van der Waals surface area contributed by atoms with Crippen LogP contribution in [-0.2, 0) is 0 Å². The second-order valence-electron chi connectivity index (χ2n) is 1.92. The Bertz CT molecular complexity index is 177. The van der Waals surface area contributed by atoms with E-state index in [9.17, 15) is 0 Å². The maximum atomic E-state index is 8.66. The van der Waals surface area contributed by atoms with E-state index in [-0.39, 0.29) is 0 Å². The predicted octanol–water partition coefficient (Wildman–Crippen LogP) is -1.02. The zero-order chi connectivity index (χ0) is 6.85. The Labute approximate surface area is 65.4 Å². The number of hydrogen-bond donors (Lipinski definition) is 2. The van der Waals surface area contributed by atoms with Crippen molar-refractivity contribution in [3.05, 3.63) is 8.80 Å². The first kappa shape index (κ1) is 7.37. The van der Waals surface area contributed by atoms with Gasteiger partial charge in [0.2, 0.25) is 0 Å². The molecule has 9 heavy (non-hydrogen) atoms. The molecule has 3 nitrogen and oxygen atoms in total. The van der Waals surface area contributed by atoms with Gasteiger partial charge in [-0.2, -0.15) is 0 Å². The van der Waals surface area contributed by atoms with Gasteiger partial charge in [-0.3, -0.25) is 0 Å². The average Bonchev–Trinajstić information content (AvgIpc) is 2.13. The summed E-state index contributed by atoms with van der Waals surface area (Å²) >= 11 is -0.898. The first-order valence-corrected chi connectivity index (χ1v) is 5.77. The molecule has 0 spiro atoms. The van der Waals surface area contributed by atoms with Gasteiger partial charge in [0.1, 0.15) is 0 Å². The van der Waals surface area contributed by atoms with Crippen LogP contribution in [0.5, 0.6) is 0 Å². The van der Waals surface area contributed by atoms with Crippen LogP contribution in [-0.4, -0.2) is 46.6 Å². The molecule has 0 bridgehead atoms. The van der Waals surface area contributed by atoms with Crippen molar-refractivity contribution in [1.29, 1.82) is 0 Å². The van der Waals surface area contributed by atoms with Crippen LogP contribution in [0.2, 0.25) is 0 Å². The van der Waals surface area contributed by atoms with E-state index in [1.54, 1.807) is 6.21 Å². The van der Waals surface area contributed by atoms with Crippen LogP contribution in [0.15, 0.2) is 11.8 Å². The van der Waals surface area contributed by atoms with Gasteiger partial charge >= 0.3 is 65.3 Å². The molecule has 5 heteroatoms. The Morgan fingerprint density at radius 1 is 1.67 bits per heavy atom.